The van der Waals surface area contributed by atoms with E-state index in [1.54, 1.807) is 0 Å². The van der Waals surface area contributed by atoms with Crippen LogP contribution in [0.4, 0.5) is 0 Å². The monoisotopic (exact) mass is 1120 g/mol. The van der Waals surface area contributed by atoms with Gasteiger partial charge in [-0.05, 0) is 103 Å². The van der Waals surface area contributed by atoms with Crippen LogP contribution in [0.2, 0.25) is 0 Å². The maximum absolute atomic E-state index is 5.45. The number of fused-ring (bicyclic) bond motifs is 21. The van der Waals surface area contributed by atoms with E-state index in [-0.39, 0.29) is 0 Å². The van der Waals surface area contributed by atoms with E-state index in [1.807, 2.05) is 34.0 Å². The highest BCUT2D eigenvalue weighted by atomic mass is 32.1. The van der Waals surface area contributed by atoms with Gasteiger partial charge in [-0.25, -0.2) is 15.0 Å². The van der Waals surface area contributed by atoms with Crippen molar-refractivity contribution in [1.29, 1.82) is 0 Å². The second-order valence-corrected chi connectivity index (χ2v) is 25.0. The van der Waals surface area contributed by atoms with Gasteiger partial charge in [0.15, 0.2) is 17.5 Å². The van der Waals surface area contributed by atoms with E-state index in [0.717, 1.165) is 55.8 Å². The third-order valence-corrected chi connectivity index (χ3v) is 20.9. The molecular weight excluding hydrogens is 1080 g/mol. The summed E-state index contributed by atoms with van der Waals surface area (Å²) >= 11 is 5.63. The Morgan fingerprint density at radius 2 is 0.560 bits per heavy atom. The van der Waals surface area contributed by atoms with Gasteiger partial charge in [-0.1, -0.05) is 152 Å². The highest BCUT2D eigenvalue weighted by molar-refractivity contribution is 7.27. The van der Waals surface area contributed by atoms with Crippen LogP contribution in [0.5, 0.6) is 0 Å². The molecule has 0 aliphatic carbocycles. The summed E-state index contributed by atoms with van der Waals surface area (Å²) in [5.41, 5.74) is 12.8. The standard InChI is InChI=1S/C75H42N6S3/c1-7-25-58-55(22-1)67-61(38-35-52-49-19-4-10-28-64(49)82-70(52)67)79(58)46-33-31-43(32-34-46)73-76-74(44-15-13-17-47(41-44)80-59-26-8-2-23-56(59)68-62(80)39-36-53-50-20-5-11-29-65(50)83-71(53)68)78-75(77-73)45-16-14-18-48(42-45)81-60-27-9-3-24-57(60)69-63(81)40-37-54-51-21-6-12-30-66(51)84-72(54)69/h1-42H. The fourth-order valence-corrected chi connectivity index (χ4v) is 17.4. The summed E-state index contributed by atoms with van der Waals surface area (Å²) < 4.78 is 15.0. The third-order valence-electron chi connectivity index (χ3n) is 17.3. The largest absolute Gasteiger partial charge is 0.309 e. The summed E-state index contributed by atoms with van der Waals surface area (Å²) in [5, 5.41) is 15.3. The van der Waals surface area contributed by atoms with E-state index < -0.39 is 0 Å². The number of thiophene rings is 3. The second kappa shape index (κ2) is 17.6. The summed E-state index contributed by atoms with van der Waals surface area (Å²) in [7, 11) is 0. The number of hydrogen-bond acceptors (Lipinski definition) is 6. The lowest BCUT2D eigenvalue weighted by molar-refractivity contribution is 1.07. The number of para-hydroxylation sites is 3. The van der Waals surface area contributed by atoms with Crippen LogP contribution in [0.15, 0.2) is 255 Å². The van der Waals surface area contributed by atoms with Crippen molar-refractivity contribution in [1.82, 2.24) is 28.7 Å². The Morgan fingerprint density at radius 1 is 0.226 bits per heavy atom. The lowest BCUT2D eigenvalue weighted by Crippen LogP contribution is -2.02. The van der Waals surface area contributed by atoms with Crippen LogP contribution in [0.3, 0.4) is 0 Å². The van der Waals surface area contributed by atoms with Crippen LogP contribution in [-0.2, 0) is 0 Å². The molecule has 0 unspecified atom stereocenters. The molecular formula is C75H42N6S3. The van der Waals surface area contributed by atoms with Crippen LogP contribution in [0.25, 0.3) is 177 Å². The summed E-state index contributed by atoms with van der Waals surface area (Å²) in [6, 6.07) is 92.7. The van der Waals surface area contributed by atoms with Crippen molar-refractivity contribution in [3.8, 4) is 51.2 Å². The van der Waals surface area contributed by atoms with Gasteiger partial charge in [0, 0.05) is 127 Å². The van der Waals surface area contributed by atoms with Crippen LogP contribution in [0.1, 0.15) is 0 Å². The van der Waals surface area contributed by atoms with Crippen molar-refractivity contribution in [3.63, 3.8) is 0 Å². The van der Waals surface area contributed by atoms with Crippen molar-refractivity contribution in [3.05, 3.63) is 255 Å². The Morgan fingerprint density at radius 3 is 0.952 bits per heavy atom. The van der Waals surface area contributed by atoms with Gasteiger partial charge in [-0.15, -0.1) is 34.0 Å². The fourth-order valence-electron chi connectivity index (χ4n) is 13.6. The van der Waals surface area contributed by atoms with E-state index in [2.05, 4.69) is 268 Å². The van der Waals surface area contributed by atoms with Crippen molar-refractivity contribution in [2.45, 2.75) is 0 Å². The number of aromatic nitrogens is 6. The molecule has 0 radical (unpaired) electrons. The van der Waals surface area contributed by atoms with Gasteiger partial charge >= 0.3 is 0 Å². The predicted molar refractivity (Wildman–Crippen MR) is 358 cm³/mol. The molecule has 7 aromatic heterocycles. The van der Waals surface area contributed by atoms with E-state index in [1.165, 1.54) is 104 Å². The number of nitrogens with zero attached hydrogens (tertiary/aromatic N) is 6. The average molecular weight is 1120 g/mol. The lowest BCUT2D eigenvalue weighted by atomic mass is 10.1. The maximum atomic E-state index is 5.45. The Hall–Kier alpha value is -10.3. The molecule has 6 nitrogen and oxygen atoms in total. The summed E-state index contributed by atoms with van der Waals surface area (Å²) in [6.07, 6.45) is 0. The molecule has 0 saturated carbocycles. The SMILES string of the molecule is c1cc(-c2nc(-c3ccc(-n4c5ccccc5c5c6sc7ccccc7c6ccc54)cc3)nc(-c3cccc(-n4c5ccccc5c5c6sc7ccccc7c6ccc54)c3)n2)cc(-n2c3ccccc3c3c4sc5ccccc5c4ccc32)c1. The molecule has 7 heterocycles. The van der Waals surface area contributed by atoms with E-state index in [0.29, 0.717) is 17.5 Å². The van der Waals surface area contributed by atoms with Gasteiger partial charge in [-0.3, -0.25) is 0 Å². The van der Waals surface area contributed by atoms with Crippen molar-refractivity contribution in [2.24, 2.45) is 0 Å². The lowest BCUT2D eigenvalue weighted by Gasteiger charge is -2.13. The van der Waals surface area contributed by atoms with Gasteiger partial charge < -0.3 is 13.7 Å². The van der Waals surface area contributed by atoms with Gasteiger partial charge in [0.1, 0.15) is 0 Å². The number of hydrogen-bond donors (Lipinski definition) is 0. The number of rotatable bonds is 6. The Kier molecular flexibility index (Phi) is 9.71. The first-order chi connectivity index (χ1) is 41.6. The first kappa shape index (κ1) is 46.3. The zero-order valence-corrected chi connectivity index (χ0v) is 47.1. The maximum Gasteiger partial charge on any atom is 0.164 e. The van der Waals surface area contributed by atoms with E-state index >= 15 is 0 Å². The quantitative estimate of drug-likeness (QED) is 0.167. The van der Waals surface area contributed by atoms with Crippen LogP contribution in [0, 0.1) is 0 Å². The van der Waals surface area contributed by atoms with Crippen LogP contribution >= 0.6 is 34.0 Å². The minimum Gasteiger partial charge on any atom is -0.309 e. The molecule has 12 aromatic carbocycles. The van der Waals surface area contributed by atoms with Gasteiger partial charge in [-0.2, -0.15) is 0 Å². The highest BCUT2D eigenvalue weighted by Gasteiger charge is 2.23. The topological polar surface area (TPSA) is 53.5 Å². The van der Waals surface area contributed by atoms with Crippen molar-refractivity contribution in [2.75, 3.05) is 0 Å². The van der Waals surface area contributed by atoms with Gasteiger partial charge in [0.2, 0.25) is 0 Å². The molecule has 0 bridgehead atoms. The Balaban J connectivity index is 0.792. The molecule has 0 amide bonds. The van der Waals surface area contributed by atoms with Gasteiger partial charge in [0.25, 0.3) is 0 Å². The summed E-state index contributed by atoms with van der Waals surface area (Å²) in [6.45, 7) is 0. The average Bonchev–Trinajstić information content (AvgIpc) is 2.04. The molecule has 0 spiro atoms. The second-order valence-electron chi connectivity index (χ2n) is 21.8. The Bertz CT molecular complexity index is 5760. The highest BCUT2D eigenvalue weighted by Crippen LogP contribution is 2.47. The molecule has 0 N–H and O–H groups in total. The molecule has 19 rings (SSSR count). The first-order valence-electron chi connectivity index (χ1n) is 28.2. The summed E-state index contributed by atoms with van der Waals surface area (Å²) in [5.74, 6) is 1.79. The molecule has 0 aliphatic rings. The fraction of sp³-hybridized carbons (Fsp3) is 0. The molecule has 0 saturated heterocycles. The Labute approximate surface area is 491 Å². The minimum absolute atomic E-state index is 0.595. The molecule has 9 heteroatoms. The summed E-state index contributed by atoms with van der Waals surface area (Å²) in [4.78, 5) is 16.3. The molecule has 84 heavy (non-hydrogen) atoms. The predicted octanol–water partition coefficient (Wildman–Crippen LogP) is 21.3. The van der Waals surface area contributed by atoms with Crippen molar-refractivity contribution >= 4 is 160 Å². The van der Waals surface area contributed by atoms with Gasteiger partial charge in [0.05, 0.1) is 33.1 Å². The zero-order valence-electron chi connectivity index (χ0n) is 44.7. The van der Waals surface area contributed by atoms with Crippen LogP contribution in [-0.4, -0.2) is 28.7 Å². The molecule has 0 fully saturated rings. The van der Waals surface area contributed by atoms with E-state index in [4.69, 9.17) is 15.0 Å². The van der Waals surface area contributed by atoms with E-state index in [9.17, 15) is 0 Å². The third kappa shape index (κ3) is 6.62. The first-order valence-corrected chi connectivity index (χ1v) is 30.7. The smallest absolute Gasteiger partial charge is 0.164 e. The molecule has 0 atom stereocenters. The van der Waals surface area contributed by atoms with Crippen LogP contribution < -0.4 is 0 Å². The molecule has 390 valence electrons. The van der Waals surface area contributed by atoms with Crippen molar-refractivity contribution < 1.29 is 0 Å². The molecule has 0 aliphatic heterocycles. The normalized spacial score (nSPS) is 12.3. The molecule has 19 aromatic rings. The minimum atomic E-state index is 0.595. The number of benzene rings is 12. The zero-order chi connectivity index (χ0) is 54.7.